The second-order valence-electron chi connectivity index (χ2n) is 5.28. The molecule has 0 spiro atoms. The van der Waals surface area contributed by atoms with Gasteiger partial charge in [0.25, 0.3) is 0 Å². The van der Waals surface area contributed by atoms with Crippen molar-refractivity contribution in [3.8, 4) is 0 Å². The molecule has 0 bridgehead atoms. The molecule has 0 amide bonds. The third-order valence-electron chi connectivity index (χ3n) is 3.62. The first kappa shape index (κ1) is 15.6. The van der Waals surface area contributed by atoms with Crippen molar-refractivity contribution >= 4 is 17.3 Å². The Bertz CT molecular complexity index is 522. The molecule has 1 heterocycles. The van der Waals surface area contributed by atoms with Gasteiger partial charge in [-0.05, 0) is 25.3 Å². The normalized spacial score (nSPS) is 18.8. The summed E-state index contributed by atoms with van der Waals surface area (Å²) in [5.74, 6) is -2.07. The van der Waals surface area contributed by atoms with Crippen LogP contribution in [0.3, 0.4) is 0 Å². The number of benzene rings is 1. The summed E-state index contributed by atoms with van der Waals surface area (Å²) in [6.45, 7) is 4.18. The van der Waals surface area contributed by atoms with E-state index in [9.17, 15) is 9.18 Å². The van der Waals surface area contributed by atoms with Crippen molar-refractivity contribution < 1.29 is 19.0 Å². The fourth-order valence-electron chi connectivity index (χ4n) is 2.59. The van der Waals surface area contributed by atoms with E-state index in [1.165, 1.54) is 12.1 Å². The molecule has 1 unspecified atom stereocenters. The van der Waals surface area contributed by atoms with E-state index < -0.39 is 17.3 Å². The Labute approximate surface area is 123 Å². The molecule has 2 rings (SSSR count). The quantitative estimate of drug-likeness (QED) is 0.816. The summed E-state index contributed by atoms with van der Waals surface area (Å²) in [7, 11) is 0. The summed E-state index contributed by atoms with van der Waals surface area (Å²) < 4.78 is 19.6. The Hall–Kier alpha value is -1.82. The SMILES string of the molecule is CCCOC1CCCN(c2cc(F)c(C(=O)O)cc2N)C1. The number of piperidine rings is 1. The number of halogens is 1. The molecule has 1 fully saturated rings. The second-order valence-corrected chi connectivity index (χ2v) is 5.28. The van der Waals surface area contributed by atoms with E-state index in [0.717, 1.165) is 25.8 Å². The predicted octanol–water partition coefficient (Wildman–Crippen LogP) is 2.50. The predicted molar refractivity (Wildman–Crippen MR) is 79.2 cm³/mol. The summed E-state index contributed by atoms with van der Waals surface area (Å²) in [6, 6.07) is 2.39. The van der Waals surface area contributed by atoms with Gasteiger partial charge in [0.1, 0.15) is 5.82 Å². The fourth-order valence-corrected chi connectivity index (χ4v) is 2.59. The van der Waals surface area contributed by atoms with Crippen molar-refractivity contribution in [3.05, 3.63) is 23.5 Å². The molecule has 0 radical (unpaired) electrons. The molecule has 5 nitrogen and oxygen atoms in total. The van der Waals surface area contributed by atoms with Crippen molar-refractivity contribution in [2.75, 3.05) is 30.3 Å². The van der Waals surface area contributed by atoms with E-state index in [1.54, 1.807) is 0 Å². The molecule has 116 valence electrons. The van der Waals surface area contributed by atoms with Gasteiger partial charge in [-0.2, -0.15) is 0 Å². The first-order chi connectivity index (χ1) is 10.0. The minimum atomic E-state index is -1.31. The number of carboxylic acid groups (broad SMARTS) is 1. The maximum Gasteiger partial charge on any atom is 0.338 e. The molecule has 1 aromatic rings. The highest BCUT2D eigenvalue weighted by atomic mass is 19.1. The van der Waals surface area contributed by atoms with Crippen LogP contribution in [-0.4, -0.2) is 36.9 Å². The van der Waals surface area contributed by atoms with Gasteiger partial charge < -0.3 is 20.5 Å². The van der Waals surface area contributed by atoms with Gasteiger partial charge in [-0.25, -0.2) is 9.18 Å². The summed E-state index contributed by atoms with van der Waals surface area (Å²) >= 11 is 0. The van der Waals surface area contributed by atoms with Crippen LogP contribution in [-0.2, 0) is 4.74 Å². The van der Waals surface area contributed by atoms with E-state index in [2.05, 4.69) is 6.92 Å². The third-order valence-corrected chi connectivity index (χ3v) is 3.62. The van der Waals surface area contributed by atoms with Crippen molar-refractivity contribution in [1.29, 1.82) is 0 Å². The summed E-state index contributed by atoms with van der Waals surface area (Å²) in [5, 5.41) is 8.90. The molecule has 21 heavy (non-hydrogen) atoms. The van der Waals surface area contributed by atoms with Crippen LogP contribution in [0.5, 0.6) is 0 Å². The molecule has 0 saturated carbocycles. The van der Waals surface area contributed by atoms with Gasteiger partial charge in [-0.15, -0.1) is 0 Å². The van der Waals surface area contributed by atoms with Crippen molar-refractivity contribution in [2.45, 2.75) is 32.3 Å². The molecule has 0 aliphatic carbocycles. The summed E-state index contributed by atoms with van der Waals surface area (Å²) in [5.41, 5.74) is 6.32. The Morgan fingerprint density at radius 1 is 1.57 bits per heavy atom. The van der Waals surface area contributed by atoms with Crippen LogP contribution in [0.4, 0.5) is 15.8 Å². The standard InChI is InChI=1S/C15H21FN2O3/c1-2-6-21-10-4-3-5-18(9-10)14-8-12(16)11(15(19)20)7-13(14)17/h7-8,10H,2-6,9,17H2,1H3,(H,19,20). The number of ether oxygens (including phenoxy) is 1. The van der Waals surface area contributed by atoms with Crippen molar-refractivity contribution in [1.82, 2.24) is 0 Å². The summed E-state index contributed by atoms with van der Waals surface area (Å²) in [4.78, 5) is 12.9. The van der Waals surface area contributed by atoms with E-state index in [-0.39, 0.29) is 11.8 Å². The van der Waals surface area contributed by atoms with Crippen LogP contribution in [0.15, 0.2) is 12.1 Å². The maximum atomic E-state index is 13.8. The number of hydrogen-bond donors (Lipinski definition) is 2. The number of nitrogens with zero attached hydrogens (tertiary/aromatic N) is 1. The summed E-state index contributed by atoms with van der Waals surface area (Å²) in [6.07, 6.45) is 2.99. The number of carbonyl (C=O) groups is 1. The average Bonchev–Trinajstić information content (AvgIpc) is 2.47. The first-order valence-corrected chi connectivity index (χ1v) is 7.21. The molecular formula is C15H21FN2O3. The van der Waals surface area contributed by atoms with Gasteiger partial charge in [0.15, 0.2) is 0 Å². The third kappa shape index (κ3) is 3.64. The van der Waals surface area contributed by atoms with Gasteiger partial charge in [-0.1, -0.05) is 6.92 Å². The number of hydrogen-bond acceptors (Lipinski definition) is 4. The molecule has 1 saturated heterocycles. The first-order valence-electron chi connectivity index (χ1n) is 7.21. The lowest BCUT2D eigenvalue weighted by molar-refractivity contribution is 0.0440. The molecule has 1 aliphatic rings. The Balaban J connectivity index is 2.17. The lowest BCUT2D eigenvalue weighted by Crippen LogP contribution is -2.40. The molecular weight excluding hydrogens is 275 g/mol. The van der Waals surface area contributed by atoms with Gasteiger partial charge in [0.05, 0.1) is 23.0 Å². The average molecular weight is 296 g/mol. The maximum absolute atomic E-state index is 13.8. The van der Waals surface area contributed by atoms with Crippen LogP contribution in [0.25, 0.3) is 0 Å². The van der Waals surface area contributed by atoms with E-state index >= 15 is 0 Å². The highest BCUT2D eigenvalue weighted by molar-refractivity contribution is 5.91. The molecule has 1 aliphatic heterocycles. The van der Waals surface area contributed by atoms with E-state index in [1.807, 2.05) is 4.90 Å². The monoisotopic (exact) mass is 296 g/mol. The lowest BCUT2D eigenvalue weighted by Gasteiger charge is -2.35. The van der Waals surface area contributed by atoms with Gasteiger partial charge >= 0.3 is 5.97 Å². The van der Waals surface area contributed by atoms with Crippen molar-refractivity contribution in [3.63, 3.8) is 0 Å². The fraction of sp³-hybridized carbons (Fsp3) is 0.533. The Kier molecular flexibility index (Phi) is 5.01. The van der Waals surface area contributed by atoms with Crippen LogP contribution < -0.4 is 10.6 Å². The van der Waals surface area contributed by atoms with E-state index in [4.69, 9.17) is 15.6 Å². The van der Waals surface area contributed by atoms with Gasteiger partial charge in [0, 0.05) is 25.8 Å². The van der Waals surface area contributed by atoms with E-state index in [0.29, 0.717) is 18.8 Å². The number of carboxylic acids is 1. The lowest BCUT2D eigenvalue weighted by atomic mass is 10.1. The minimum absolute atomic E-state index is 0.111. The zero-order valence-electron chi connectivity index (χ0n) is 12.1. The molecule has 1 atom stereocenters. The highest BCUT2D eigenvalue weighted by Crippen LogP contribution is 2.29. The van der Waals surface area contributed by atoms with Crippen LogP contribution in [0, 0.1) is 5.82 Å². The number of rotatable bonds is 5. The number of aromatic carboxylic acids is 1. The number of anilines is 2. The van der Waals surface area contributed by atoms with Gasteiger partial charge in [0.2, 0.25) is 0 Å². The molecule has 1 aromatic carbocycles. The molecule has 6 heteroatoms. The van der Waals surface area contributed by atoms with Crippen LogP contribution >= 0.6 is 0 Å². The minimum Gasteiger partial charge on any atom is -0.478 e. The number of nitrogen functional groups attached to an aromatic ring is 1. The van der Waals surface area contributed by atoms with Crippen LogP contribution in [0.1, 0.15) is 36.5 Å². The second kappa shape index (κ2) is 6.76. The van der Waals surface area contributed by atoms with Gasteiger partial charge in [-0.3, -0.25) is 0 Å². The molecule has 0 aromatic heterocycles. The zero-order valence-corrected chi connectivity index (χ0v) is 12.1. The Morgan fingerprint density at radius 3 is 3.00 bits per heavy atom. The van der Waals surface area contributed by atoms with Crippen LogP contribution in [0.2, 0.25) is 0 Å². The zero-order chi connectivity index (χ0) is 15.4. The highest BCUT2D eigenvalue weighted by Gasteiger charge is 2.23. The number of nitrogens with two attached hydrogens (primary N) is 1. The molecule has 3 N–H and O–H groups in total. The largest absolute Gasteiger partial charge is 0.478 e. The van der Waals surface area contributed by atoms with Crippen molar-refractivity contribution in [2.24, 2.45) is 0 Å². The topological polar surface area (TPSA) is 75.8 Å². The smallest absolute Gasteiger partial charge is 0.338 e. The Morgan fingerprint density at radius 2 is 2.33 bits per heavy atom.